The summed E-state index contributed by atoms with van der Waals surface area (Å²) in [6.45, 7) is 5.65. The number of halogens is 1. The molecule has 0 saturated heterocycles. The lowest BCUT2D eigenvalue weighted by Crippen LogP contribution is -2.15. The molecule has 2 N–H and O–H groups in total. The highest BCUT2D eigenvalue weighted by Gasteiger charge is 2.16. The van der Waals surface area contributed by atoms with Gasteiger partial charge in [0, 0.05) is 25.3 Å². The normalized spacial score (nSPS) is 12.6. The van der Waals surface area contributed by atoms with Crippen LogP contribution in [0, 0.1) is 0 Å². The third-order valence-corrected chi connectivity index (χ3v) is 4.30. The Labute approximate surface area is 162 Å². The number of hydrogen-bond donors (Lipinski definition) is 2. The largest absolute Gasteiger partial charge is 0.310 e. The molecule has 1 aliphatic heterocycles. The van der Waals surface area contributed by atoms with E-state index in [1.165, 1.54) is 0 Å². The second-order valence-electron chi connectivity index (χ2n) is 6.46. The molecular formula is C18H20ClN7O. The number of pyridine rings is 2. The molecule has 27 heavy (non-hydrogen) atoms. The molecule has 9 heteroatoms. The van der Waals surface area contributed by atoms with Crippen LogP contribution >= 0.6 is 12.4 Å². The zero-order chi connectivity index (χ0) is 18.1. The van der Waals surface area contributed by atoms with Crippen molar-refractivity contribution in [2.75, 3.05) is 5.32 Å². The van der Waals surface area contributed by atoms with Gasteiger partial charge >= 0.3 is 0 Å². The minimum Gasteiger partial charge on any atom is -0.310 e. The van der Waals surface area contributed by atoms with Gasteiger partial charge in [-0.25, -0.2) is 4.98 Å². The van der Waals surface area contributed by atoms with Crippen LogP contribution in [0.4, 0.5) is 5.82 Å². The highest BCUT2D eigenvalue weighted by atomic mass is 35.5. The maximum atomic E-state index is 12.5. The average Bonchev–Trinajstić information content (AvgIpc) is 3.30. The summed E-state index contributed by atoms with van der Waals surface area (Å²) >= 11 is 0. The quantitative estimate of drug-likeness (QED) is 0.716. The van der Waals surface area contributed by atoms with Gasteiger partial charge in [0.25, 0.3) is 5.91 Å². The Balaban J connectivity index is 0.00000210. The number of nitrogens with one attached hydrogen (secondary N) is 2. The second-order valence-corrected chi connectivity index (χ2v) is 6.46. The standard InChI is InChI=1S/C18H19N7O.ClH/c1-11(2)25-10-21-24-17(25)14-4-3-5-16(22-14)23-18(26)15-6-12-7-19-8-13(12)9-20-15;/h3-6,9-11,19H,7-8H2,1-2H3,(H,22,23,26);1H. The van der Waals surface area contributed by atoms with Crippen LogP contribution in [0.15, 0.2) is 36.8 Å². The molecule has 1 amide bonds. The minimum atomic E-state index is -0.283. The van der Waals surface area contributed by atoms with Gasteiger partial charge in [-0.05, 0) is 43.2 Å². The van der Waals surface area contributed by atoms with E-state index in [1.807, 2.05) is 36.6 Å². The lowest BCUT2D eigenvalue weighted by molar-refractivity contribution is 0.102. The van der Waals surface area contributed by atoms with Crippen LogP contribution in [0.5, 0.6) is 0 Å². The maximum Gasteiger partial charge on any atom is 0.275 e. The van der Waals surface area contributed by atoms with Gasteiger partial charge in [0.05, 0.1) is 0 Å². The molecule has 0 unspecified atom stereocenters. The van der Waals surface area contributed by atoms with Crippen LogP contribution in [0.25, 0.3) is 11.5 Å². The molecule has 0 radical (unpaired) electrons. The van der Waals surface area contributed by atoms with Gasteiger partial charge in [-0.1, -0.05) is 6.07 Å². The van der Waals surface area contributed by atoms with E-state index in [9.17, 15) is 4.79 Å². The monoisotopic (exact) mass is 385 g/mol. The number of nitrogens with zero attached hydrogens (tertiary/aromatic N) is 5. The lowest BCUT2D eigenvalue weighted by Gasteiger charge is -2.10. The second kappa shape index (κ2) is 7.81. The molecule has 3 aromatic heterocycles. The first-order valence-corrected chi connectivity index (χ1v) is 8.48. The molecule has 0 aliphatic carbocycles. The predicted octanol–water partition coefficient (Wildman–Crippen LogP) is 2.59. The predicted molar refractivity (Wildman–Crippen MR) is 104 cm³/mol. The Bertz CT molecular complexity index is 970. The molecule has 0 saturated carbocycles. The van der Waals surface area contributed by atoms with Crippen LogP contribution in [0.3, 0.4) is 0 Å². The minimum absolute atomic E-state index is 0. The van der Waals surface area contributed by atoms with E-state index >= 15 is 0 Å². The van der Waals surface area contributed by atoms with Gasteiger partial charge in [-0.15, -0.1) is 22.6 Å². The summed E-state index contributed by atoms with van der Waals surface area (Å²) < 4.78 is 1.93. The smallest absolute Gasteiger partial charge is 0.275 e. The third-order valence-electron chi connectivity index (χ3n) is 4.30. The van der Waals surface area contributed by atoms with Crippen molar-refractivity contribution >= 4 is 24.1 Å². The third kappa shape index (κ3) is 3.81. The Morgan fingerprint density at radius 3 is 2.89 bits per heavy atom. The molecule has 0 atom stereocenters. The molecule has 0 fully saturated rings. The van der Waals surface area contributed by atoms with Crippen molar-refractivity contribution in [1.29, 1.82) is 0 Å². The zero-order valence-electron chi connectivity index (χ0n) is 15.0. The van der Waals surface area contributed by atoms with Crippen molar-refractivity contribution in [3.8, 4) is 11.5 Å². The fourth-order valence-electron chi connectivity index (χ4n) is 2.92. The van der Waals surface area contributed by atoms with Crippen LogP contribution in [-0.2, 0) is 13.1 Å². The molecule has 140 valence electrons. The number of fused-ring (bicyclic) bond motifs is 1. The summed E-state index contributed by atoms with van der Waals surface area (Å²) in [6, 6.07) is 7.45. The van der Waals surface area contributed by atoms with E-state index < -0.39 is 0 Å². The molecule has 0 aromatic carbocycles. The van der Waals surface area contributed by atoms with Crippen molar-refractivity contribution in [2.45, 2.75) is 33.0 Å². The summed E-state index contributed by atoms with van der Waals surface area (Å²) in [5.41, 5.74) is 3.27. The van der Waals surface area contributed by atoms with Crippen molar-refractivity contribution in [2.24, 2.45) is 0 Å². The van der Waals surface area contributed by atoms with Crippen molar-refractivity contribution in [1.82, 2.24) is 30.0 Å². The van der Waals surface area contributed by atoms with Crippen LogP contribution in [0.2, 0.25) is 0 Å². The van der Waals surface area contributed by atoms with E-state index in [0.29, 0.717) is 23.0 Å². The highest BCUT2D eigenvalue weighted by Crippen LogP contribution is 2.20. The SMILES string of the molecule is CC(C)n1cnnc1-c1cccc(NC(=O)c2cc3c(cn2)CNC3)n1.Cl. The number of amides is 1. The van der Waals surface area contributed by atoms with Gasteiger partial charge in [-0.2, -0.15) is 0 Å². The van der Waals surface area contributed by atoms with Gasteiger partial charge in [0.15, 0.2) is 5.82 Å². The van der Waals surface area contributed by atoms with Gasteiger partial charge in [-0.3, -0.25) is 9.78 Å². The molecule has 4 rings (SSSR count). The fourth-order valence-corrected chi connectivity index (χ4v) is 2.92. The Morgan fingerprint density at radius 1 is 1.26 bits per heavy atom. The van der Waals surface area contributed by atoms with Gasteiger partial charge in [0.1, 0.15) is 23.5 Å². The first-order chi connectivity index (χ1) is 12.6. The first-order valence-electron chi connectivity index (χ1n) is 8.48. The average molecular weight is 386 g/mol. The molecule has 8 nitrogen and oxygen atoms in total. The van der Waals surface area contributed by atoms with E-state index in [2.05, 4.69) is 30.8 Å². The summed E-state index contributed by atoms with van der Waals surface area (Å²) in [5, 5.41) is 14.2. The summed E-state index contributed by atoms with van der Waals surface area (Å²) in [7, 11) is 0. The van der Waals surface area contributed by atoms with E-state index in [4.69, 9.17) is 0 Å². The van der Waals surface area contributed by atoms with Gasteiger partial charge in [0.2, 0.25) is 0 Å². The van der Waals surface area contributed by atoms with Crippen LogP contribution in [-0.4, -0.2) is 30.6 Å². The van der Waals surface area contributed by atoms with Gasteiger partial charge < -0.3 is 15.2 Å². The number of anilines is 1. The van der Waals surface area contributed by atoms with Crippen molar-refractivity contribution in [3.05, 3.63) is 53.6 Å². The zero-order valence-corrected chi connectivity index (χ0v) is 15.8. The fraction of sp³-hybridized carbons (Fsp3) is 0.278. The maximum absolute atomic E-state index is 12.5. The topological polar surface area (TPSA) is 97.6 Å². The van der Waals surface area contributed by atoms with Crippen LogP contribution < -0.4 is 10.6 Å². The lowest BCUT2D eigenvalue weighted by atomic mass is 10.1. The Kier molecular flexibility index (Phi) is 5.48. The number of rotatable bonds is 4. The molecular weight excluding hydrogens is 366 g/mol. The summed E-state index contributed by atoms with van der Waals surface area (Å²) in [5.74, 6) is 0.832. The molecule has 0 bridgehead atoms. The summed E-state index contributed by atoms with van der Waals surface area (Å²) in [4.78, 5) is 21.3. The molecule has 4 heterocycles. The number of aromatic nitrogens is 5. The van der Waals surface area contributed by atoms with E-state index in [-0.39, 0.29) is 24.4 Å². The van der Waals surface area contributed by atoms with E-state index in [1.54, 1.807) is 18.6 Å². The van der Waals surface area contributed by atoms with Crippen molar-refractivity contribution in [3.63, 3.8) is 0 Å². The van der Waals surface area contributed by atoms with Crippen molar-refractivity contribution < 1.29 is 4.79 Å². The van der Waals surface area contributed by atoms with E-state index in [0.717, 1.165) is 24.2 Å². The summed E-state index contributed by atoms with van der Waals surface area (Å²) in [6.07, 6.45) is 3.43. The number of carbonyl (C=O) groups excluding carboxylic acids is 1. The Hall–Kier alpha value is -2.84. The Morgan fingerprint density at radius 2 is 2.07 bits per heavy atom. The number of carbonyl (C=O) groups is 1. The molecule has 0 spiro atoms. The number of hydrogen-bond acceptors (Lipinski definition) is 6. The highest BCUT2D eigenvalue weighted by molar-refractivity contribution is 6.02. The first kappa shape index (κ1) is 18.9. The molecule has 3 aromatic rings. The molecule has 1 aliphatic rings. The van der Waals surface area contributed by atoms with Crippen LogP contribution in [0.1, 0.15) is 41.5 Å².